The highest BCUT2D eigenvalue weighted by Crippen LogP contribution is 2.25. The van der Waals surface area contributed by atoms with Crippen molar-refractivity contribution in [1.82, 2.24) is 15.1 Å². The molecule has 4 nitrogen and oxygen atoms in total. The van der Waals surface area contributed by atoms with Gasteiger partial charge in [-0.2, -0.15) is 4.98 Å². The van der Waals surface area contributed by atoms with Crippen molar-refractivity contribution in [2.45, 2.75) is 13.3 Å². The minimum Gasteiger partial charge on any atom is -0.334 e. The zero-order valence-corrected chi connectivity index (χ0v) is 15.2. The van der Waals surface area contributed by atoms with Gasteiger partial charge in [-0.1, -0.05) is 42.4 Å². The minimum atomic E-state index is 0.500. The van der Waals surface area contributed by atoms with Crippen molar-refractivity contribution < 1.29 is 4.52 Å². The highest BCUT2D eigenvalue weighted by atomic mass is 32.1. The standard InChI is InChI=1S/C19H15N3OS2/c1-2-18-20-16(12-25-18)13-5-7-14(8-6-13)19-21-17(23-22-19)10-9-15-4-3-11-24-15/h3-12H,2H2,1H3/b10-9+. The topological polar surface area (TPSA) is 51.8 Å². The molecule has 0 radical (unpaired) electrons. The lowest BCUT2D eigenvalue weighted by Crippen LogP contribution is -1.83. The van der Waals surface area contributed by atoms with E-state index in [0.717, 1.165) is 33.1 Å². The van der Waals surface area contributed by atoms with Crippen molar-refractivity contribution in [3.05, 3.63) is 62.9 Å². The molecule has 0 aliphatic heterocycles. The highest BCUT2D eigenvalue weighted by molar-refractivity contribution is 7.11. The fraction of sp³-hybridized carbons (Fsp3) is 0.105. The first kappa shape index (κ1) is 15.9. The van der Waals surface area contributed by atoms with Crippen molar-refractivity contribution in [2.24, 2.45) is 0 Å². The van der Waals surface area contributed by atoms with Crippen LogP contribution in [-0.2, 0) is 6.42 Å². The molecule has 0 aliphatic rings. The van der Waals surface area contributed by atoms with Gasteiger partial charge in [-0.15, -0.1) is 22.7 Å². The highest BCUT2D eigenvalue weighted by Gasteiger charge is 2.08. The molecule has 0 fully saturated rings. The van der Waals surface area contributed by atoms with E-state index in [9.17, 15) is 0 Å². The summed E-state index contributed by atoms with van der Waals surface area (Å²) < 4.78 is 5.30. The largest absolute Gasteiger partial charge is 0.334 e. The van der Waals surface area contributed by atoms with E-state index < -0.39 is 0 Å². The third-order valence-electron chi connectivity index (χ3n) is 3.67. The van der Waals surface area contributed by atoms with Gasteiger partial charge in [0.05, 0.1) is 10.7 Å². The number of hydrogen-bond acceptors (Lipinski definition) is 6. The molecule has 0 saturated heterocycles. The molecule has 1 aromatic carbocycles. The predicted octanol–water partition coefficient (Wildman–Crippen LogP) is 5.65. The molecule has 0 spiro atoms. The SMILES string of the molecule is CCc1nc(-c2ccc(-c3noc(/C=C/c4cccs4)n3)cc2)cs1. The van der Waals surface area contributed by atoms with Gasteiger partial charge >= 0.3 is 0 Å². The predicted molar refractivity (Wildman–Crippen MR) is 103 cm³/mol. The lowest BCUT2D eigenvalue weighted by Gasteiger charge is -1.98. The summed E-state index contributed by atoms with van der Waals surface area (Å²) in [4.78, 5) is 10.2. The summed E-state index contributed by atoms with van der Waals surface area (Å²) in [6.07, 6.45) is 4.77. The van der Waals surface area contributed by atoms with Crippen LogP contribution in [0.5, 0.6) is 0 Å². The second-order valence-corrected chi connectivity index (χ2v) is 7.28. The van der Waals surface area contributed by atoms with Gasteiger partial charge in [0.25, 0.3) is 5.89 Å². The normalized spacial score (nSPS) is 11.4. The van der Waals surface area contributed by atoms with Crippen LogP contribution in [0.15, 0.2) is 51.7 Å². The van der Waals surface area contributed by atoms with E-state index in [0.29, 0.717) is 11.7 Å². The zero-order chi connectivity index (χ0) is 17.1. The summed E-state index contributed by atoms with van der Waals surface area (Å²) in [6.45, 7) is 2.12. The van der Waals surface area contributed by atoms with Gasteiger partial charge in [0.15, 0.2) is 0 Å². The molecule has 6 heteroatoms. The number of aromatic nitrogens is 3. The van der Waals surface area contributed by atoms with E-state index in [1.54, 1.807) is 22.7 Å². The number of rotatable bonds is 5. The molecule has 0 saturated carbocycles. The fourth-order valence-electron chi connectivity index (χ4n) is 2.36. The fourth-order valence-corrected chi connectivity index (χ4v) is 3.73. The molecule has 0 bridgehead atoms. The summed E-state index contributed by atoms with van der Waals surface area (Å²) in [7, 11) is 0. The number of nitrogens with zero attached hydrogens (tertiary/aromatic N) is 3. The van der Waals surface area contributed by atoms with Crippen LogP contribution >= 0.6 is 22.7 Å². The number of benzene rings is 1. The van der Waals surface area contributed by atoms with Crippen molar-refractivity contribution in [1.29, 1.82) is 0 Å². The van der Waals surface area contributed by atoms with Crippen LogP contribution in [0.3, 0.4) is 0 Å². The van der Waals surface area contributed by atoms with E-state index in [2.05, 4.69) is 27.4 Å². The Hall–Kier alpha value is -2.57. The monoisotopic (exact) mass is 365 g/mol. The lowest BCUT2D eigenvalue weighted by molar-refractivity contribution is 0.411. The van der Waals surface area contributed by atoms with Crippen molar-refractivity contribution in [2.75, 3.05) is 0 Å². The van der Waals surface area contributed by atoms with E-state index in [1.807, 2.05) is 53.9 Å². The van der Waals surface area contributed by atoms with Crippen LogP contribution in [0, 0.1) is 0 Å². The molecule has 4 aromatic rings. The van der Waals surface area contributed by atoms with Crippen LogP contribution in [0.25, 0.3) is 34.8 Å². The summed E-state index contributed by atoms with van der Waals surface area (Å²) in [5.74, 6) is 1.09. The molecule has 0 N–H and O–H groups in total. The third-order valence-corrected chi connectivity index (χ3v) is 5.50. The van der Waals surface area contributed by atoms with E-state index in [1.165, 1.54) is 0 Å². The first-order valence-electron chi connectivity index (χ1n) is 7.92. The average molecular weight is 365 g/mol. The summed E-state index contributed by atoms with van der Waals surface area (Å²) in [6, 6.07) is 12.1. The van der Waals surface area contributed by atoms with Crippen LogP contribution < -0.4 is 0 Å². The zero-order valence-electron chi connectivity index (χ0n) is 13.5. The van der Waals surface area contributed by atoms with Gasteiger partial charge in [-0.3, -0.25) is 0 Å². The van der Waals surface area contributed by atoms with Crippen molar-refractivity contribution in [3.63, 3.8) is 0 Å². The van der Waals surface area contributed by atoms with Crippen LogP contribution in [-0.4, -0.2) is 15.1 Å². The second kappa shape index (κ2) is 7.13. The van der Waals surface area contributed by atoms with Gasteiger partial charge in [0.2, 0.25) is 5.82 Å². The molecule has 0 atom stereocenters. The Labute approximate surface area is 153 Å². The Bertz CT molecular complexity index is 982. The minimum absolute atomic E-state index is 0.500. The molecular weight excluding hydrogens is 350 g/mol. The lowest BCUT2D eigenvalue weighted by atomic mass is 10.1. The molecule has 3 aromatic heterocycles. The Balaban J connectivity index is 1.52. The third kappa shape index (κ3) is 3.60. The van der Waals surface area contributed by atoms with Gasteiger partial charge in [0.1, 0.15) is 0 Å². The Morgan fingerprint density at radius 3 is 2.56 bits per heavy atom. The van der Waals surface area contributed by atoms with E-state index >= 15 is 0 Å². The Morgan fingerprint density at radius 1 is 1.00 bits per heavy atom. The number of thiazole rings is 1. The smallest absolute Gasteiger partial charge is 0.250 e. The second-order valence-electron chi connectivity index (χ2n) is 5.36. The number of hydrogen-bond donors (Lipinski definition) is 0. The first-order valence-corrected chi connectivity index (χ1v) is 9.68. The molecule has 0 aliphatic carbocycles. The molecule has 0 amide bonds. The molecule has 3 heterocycles. The maximum atomic E-state index is 5.30. The maximum absolute atomic E-state index is 5.30. The van der Waals surface area contributed by atoms with Crippen LogP contribution in [0.2, 0.25) is 0 Å². The Kier molecular flexibility index (Phi) is 4.54. The summed E-state index contributed by atoms with van der Waals surface area (Å²) in [5.41, 5.74) is 3.04. The van der Waals surface area contributed by atoms with Crippen LogP contribution in [0.1, 0.15) is 22.7 Å². The summed E-state index contributed by atoms with van der Waals surface area (Å²) >= 11 is 3.36. The van der Waals surface area contributed by atoms with Crippen molar-refractivity contribution >= 4 is 34.8 Å². The van der Waals surface area contributed by atoms with Gasteiger partial charge in [-0.05, 0) is 23.9 Å². The van der Waals surface area contributed by atoms with Gasteiger partial charge < -0.3 is 4.52 Å². The van der Waals surface area contributed by atoms with Gasteiger partial charge in [-0.25, -0.2) is 4.98 Å². The molecule has 25 heavy (non-hydrogen) atoms. The first-order chi connectivity index (χ1) is 12.3. The Morgan fingerprint density at radius 2 is 1.84 bits per heavy atom. The molecule has 4 rings (SSSR count). The van der Waals surface area contributed by atoms with E-state index in [4.69, 9.17) is 4.52 Å². The maximum Gasteiger partial charge on any atom is 0.250 e. The molecule has 124 valence electrons. The number of thiophene rings is 1. The quantitative estimate of drug-likeness (QED) is 0.458. The molecular formula is C19H15N3OS2. The molecule has 0 unspecified atom stereocenters. The van der Waals surface area contributed by atoms with E-state index in [-0.39, 0.29) is 0 Å². The average Bonchev–Trinajstić information content (AvgIpc) is 3.41. The number of aryl methyl sites for hydroxylation is 1. The van der Waals surface area contributed by atoms with Gasteiger partial charge in [0, 0.05) is 27.5 Å². The van der Waals surface area contributed by atoms with Crippen molar-refractivity contribution in [3.8, 4) is 22.6 Å². The van der Waals surface area contributed by atoms with Crippen LogP contribution in [0.4, 0.5) is 0 Å². The summed E-state index contributed by atoms with van der Waals surface area (Å²) in [5, 5.41) is 9.34.